The van der Waals surface area contributed by atoms with Crippen molar-refractivity contribution in [3.8, 4) is 20.9 Å². The molecule has 1 saturated heterocycles. The minimum Gasteiger partial charge on any atom is -0.402 e. The van der Waals surface area contributed by atoms with Crippen molar-refractivity contribution in [2.75, 3.05) is 25.5 Å². The molecule has 5 rings (SSSR count). The molecular weight excluding hydrogens is 623 g/mol. The van der Waals surface area contributed by atoms with Gasteiger partial charge >= 0.3 is 0 Å². The molecular formula is C43H67N3S2. The van der Waals surface area contributed by atoms with Crippen LogP contribution in [0.15, 0.2) is 97.7 Å². The van der Waals surface area contributed by atoms with Gasteiger partial charge in [-0.1, -0.05) is 111 Å². The summed E-state index contributed by atoms with van der Waals surface area (Å²) < 4.78 is 0. The Labute approximate surface area is 304 Å². The Morgan fingerprint density at radius 3 is 1.85 bits per heavy atom. The summed E-state index contributed by atoms with van der Waals surface area (Å²) in [5.41, 5.74) is 12.0. The molecule has 0 bridgehead atoms. The maximum atomic E-state index is 5.87. The number of anilines is 1. The fourth-order valence-corrected chi connectivity index (χ4v) is 6.72. The molecule has 2 aromatic heterocycles. The van der Waals surface area contributed by atoms with Gasteiger partial charge in [-0.3, -0.25) is 4.90 Å². The van der Waals surface area contributed by atoms with Crippen LogP contribution in [0.3, 0.4) is 0 Å². The summed E-state index contributed by atoms with van der Waals surface area (Å²) in [6, 6.07) is 26.1. The first-order chi connectivity index (χ1) is 23.1. The molecule has 1 aliphatic heterocycles. The van der Waals surface area contributed by atoms with Gasteiger partial charge in [-0.05, 0) is 93.6 Å². The number of para-hydroxylation sites is 1. The molecule has 4 aromatic rings. The Morgan fingerprint density at radius 2 is 1.38 bits per heavy atom. The first-order valence-electron chi connectivity index (χ1n) is 17.9. The van der Waals surface area contributed by atoms with Crippen molar-refractivity contribution in [2.45, 2.75) is 95.0 Å². The number of thiophene rings is 2. The van der Waals surface area contributed by atoms with E-state index in [0.29, 0.717) is 5.92 Å². The predicted molar refractivity (Wildman–Crippen MR) is 224 cm³/mol. The van der Waals surface area contributed by atoms with Gasteiger partial charge in [0.2, 0.25) is 0 Å². The number of hydrogen-bond donors (Lipinski definition) is 2. The standard InChI is InChI=1S/C20H26N2S.C12H13NS.C4H10.C3H6.2C2H6/c1-3-18-8-9-20(23-18)19-7-5-4-6-17(19)14-22-12-10-16(11-13-22)15(2)21;1-9-7-8-12(14-9)10-5-3-4-6-11(10)13-2;1-4(2)3;1-3-2;2*1-2/h4-9,16H,2-3,10-14,21H2,1H3;3-8,13H,1-2H3;4H,1-3H3;3H,1H2,2H3;2*1-2H3. The quantitative estimate of drug-likeness (QED) is 0.190. The van der Waals surface area contributed by atoms with Crippen LogP contribution in [0.25, 0.3) is 20.9 Å². The van der Waals surface area contributed by atoms with Crippen LogP contribution in [0.5, 0.6) is 0 Å². The Kier molecular flexibility index (Phi) is 25.0. The van der Waals surface area contributed by atoms with E-state index in [-0.39, 0.29) is 0 Å². The van der Waals surface area contributed by atoms with Crippen LogP contribution in [0.4, 0.5) is 5.69 Å². The van der Waals surface area contributed by atoms with Gasteiger partial charge in [-0.25, -0.2) is 0 Å². The first-order valence-corrected chi connectivity index (χ1v) is 19.5. The summed E-state index contributed by atoms with van der Waals surface area (Å²) in [6.45, 7) is 31.3. The summed E-state index contributed by atoms with van der Waals surface area (Å²) in [5, 5.41) is 3.21. The zero-order valence-corrected chi connectivity index (χ0v) is 33.8. The summed E-state index contributed by atoms with van der Waals surface area (Å²) in [5.74, 6) is 1.34. The van der Waals surface area contributed by atoms with E-state index in [1.807, 2.05) is 64.3 Å². The molecule has 266 valence electrons. The van der Waals surface area contributed by atoms with Gasteiger partial charge in [0, 0.05) is 56.0 Å². The van der Waals surface area contributed by atoms with Crippen molar-refractivity contribution < 1.29 is 0 Å². The summed E-state index contributed by atoms with van der Waals surface area (Å²) in [4.78, 5) is 8.07. The Bertz CT molecular complexity index is 1390. The van der Waals surface area contributed by atoms with E-state index < -0.39 is 0 Å². The number of piperidine rings is 1. The van der Waals surface area contributed by atoms with Gasteiger partial charge < -0.3 is 11.1 Å². The molecule has 0 amide bonds. The van der Waals surface area contributed by atoms with E-state index in [2.05, 4.69) is 131 Å². The van der Waals surface area contributed by atoms with Crippen molar-refractivity contribution in [1.29, 1.82) is 0 Å². The minimum absolute atomic E-state index is 0.505. The van der Waals surface area contributed by atoms with Crippen molar-refractivity contribution >= 4 is 28.4 Å². The molecule has 1 aliphatic rings. The second-order valence-electron chi connectivity index (χ2n) is 11.7. The van der Waals surface area contributed by atoms with Crippen LogP contribution in [0.1, 0.15) is 90.5 Å². The minimum atomic E-state index is 0.505. The number of allylic oxidation sites excluding steroid dienone is 2. The van der Waals surface area contributed by atoms with E-state index in [1.165, 1.54) is 41.9 Å². The second kappa shape index (κ2) is 26.8. The number of nitrogens with two attached hydrogens (primary N) is 1. The van der Waals surface area contributed by atoms with Crippen LogP contribution in [0, 0.1) is 18.8 Å². The largest absolute Gasteiger partial charge is 0.402 e. The molecule has 48 heavy (non-hydrogen) atoms. The van der Waals surface area contributed by atoms with Gasteiger partial charge in [-0.15, -0.1) is 29.3 Å². The zero-order valence-electron chi connectivity index (χ0n) is 32.2. The van der Waals surface area contributed by atoms with Gasteiger partial charge in [0.15, 0.2) is 0 Å². The zero-order chi connectivity index (χ0) is 36.5. The molecule has 1 fully saturated rings. The maximum absolute atomic E-state index is 5.87. The average Bonchev–Trinajstić information content (AvgIpc) is 3.77. The molecule has 3 N–H and O–H groups in total. The Morgan fingerprint density at radius 1 is 0.875 bits per heavy atom. The first kappa shape index (κ1) is 44.9. The maximum Gasteiger partial charge on any atom is 0.0425 e. The van der Waals surface area contributed by atoms with Crippen LogP contribution >= 0.6 is 22.7 Å². The lowest BCUT2D eigenvalue weighted by molar-refractivity contribution is 0.191. The number of benzene rings is 2. The fourth-order valence-electron chi connectivity index (χ4n) is 4.81. The number of hydrogen-bond acceptors (Lipinski definition) is 5. The van der Waals surface area contributed by atoms with Crippen LogP contribution in [0.2, 0.25) is 0 Å². The topological polar surface area (TPSA) is 41.3 Å². The molecule has 2 aromatic carbocycles. The summed E-state index contributed by atoms with van der Waals surface area (Å²) in [6.07, 6.45) is 5.14. The van der Waals surface area contributed by atoms with Gasteiger partial charge in [0.25, 0.3) is 0 Å². The molecule has 0 spiro atoms. The lowest BCUT2D eigenvalue weighted by atomic mass is 9.94. The number of likely N-dealkylation sites (tertiary alicyclic amines) is 1. The SMILES string of the molecule is C=C(N)C1CCN(Cc2ccccc2-c2ccc(CC)s2)CC1.C=CC.CC.CC.CC(C)C.CNc1ccccc1-c1ccc(C)s1. The number of aryl methyl sites for hydroxylation is 2. The van der Waals surface area contributed by atoms with Crippen molar-refractivity contribution in [3.05, 3.63) is 113 Å². The van der Waals surface area contributed by atoms with Crippen LogP contribution in [-0.4, -0.2) is 25.0 Å². The smallest absolute Gasteiger partial charge is 0.0425 e. The number of rotatable bonds is 7. The lowest BCUT2D eigenvalue weighted by Gasteiger charge is -2.32. The highest BCUT2D eigenvalue weighted by atomic mass is 32.1. The van der Waals surface area contributed by atoms with Crippen molar-refractivity contribution in [2.24, 2.45) is 17.6 Å². The number of nitrogens with zero attached hydrogens (tertiary/aromatic N) is 1. The molecule has 5 heteroatoms. The lowest BCUT2D eigenvalue weighted by Crippen LogP contribution is -2.34. The predicted octanol–water partition coefficient (Wildman–Crippen LogP) is 13.3. The van der Waals surface area contributed by atoms with E-state index in [4.69, 9.17) is 5.73 Å². The molecule has 3 heterocycles. The van der Waals surface area contributed by atoms with Crippen molar-refractivity contribution in [3.63, 3.8) is 0 Å². The highest BCUT2D eigenvalue weighted by Gasteiger charge is 2.21. The van der Waals surface area contributed by atoms with E-state index in [1.54, 1.807) is 6.08 Å². The van der Waals surface area contributed by atoms with E-state index in [9.17, 15) is 0 Å². The third-order valence-electron chi connectivity index (χ3n) is 7.00. The highest BCUT2D eigenvalue weighted by Crippen LogP contribution is 2.34. The summed E-state index contributed by atoms with van der Waals surface area (Å²) >= 11 is 3.75. The van der Waals surface area contributed by atoms with Gasteiger partial charge in [0.05, 0.1) is 0 Å². The van der Waals surface area contributed by atoms with E-state index in [0.717, 1.165) is 50.5 Å². The van der Waals surface area contributed by atoms with Crippen LogP contribution in [-0.2, 0) is 13.0 Å². The molecule has 0 atom stereocenters. The van der Waals surface area contributed by atoms with Gasteiger partial charge in [-0.2, -0.15) is 0 Å². The molecule has 3 nitrogen and oxygen atoms in total. The number of nitrogens with one attached hydrogen (secondary N) is 1. The van der Waals surface area contributed by atoms with Crippen LogP contribution < -0.4 is 11.1 Å². The van der Waals surface area contributed by atoms with Gasteiger partial charge in [0.1, 0.15) is 0 Å². The third kappa shape index (κ3) is 16.8. The van der Waals surface area contributed by atoms with Crippen molar-refractivity contribution in [1.82, 2.24) is 4.90 Å². The summed E-state index contributed by atoms with van der Waals surface area (Å²) in [7, 11) is 1.96. The highest BCUT2D eigenvalue weighted by molar-refractivity contribution is 7.15. The Balaban J connectivity index is 0.000000751. The Hall–Kier alpha value is -3.12. The second-order valence-corrected chi connectivity index (χ2v) is 14.2. The van der Waals surface area contributed by atoms with E-state index >= 15 is 0 Å². The fraction of sp³-hybridized carbons (Fsp3) is 0.442. The average molecular weight is 690 g/mol. The molecule has 0 aliphatic carbocycles. The molecule has 0 radical (unpaired) electrons. The third-order valence-corrected chi connectivity index (χ3v) is 9.30. The normalized spacial score (nSPS) is 12.2. The molecule has 0 saturated carbocycles. The monoisotopic (exact) mass is 689 g/mol. The molecule has 0 unspecified atom stereocenters.